The first-order valence-corrected chi connectivity index (χ1v) is 8.33. The van der Waals surface area contributed by atoms with Crippen LogP contribution in [0.5, 0.6) is 0 Å². The summed E-state index contributed by atoms with van der Waals surface area (Å²) in [5, 5.41) is 3.67. The summed E-state index contributed by atoms with van der Waals surface area (Å²) in [5.74, 6) is 1.05. The van der Waals surface area contributed by atoms with E-state index >= 15 is 0 Å². The zero-order valence-electron chi connectivity index (χ0n) is 13.2. The molecule has 2 nitrogen and oxygen atoms in total. The standard InChI is InChI=1S/C17H28N2S/c1-12(2)14-8-7-9-15(13(3)4)16(14)18-17(20)19-10-5-6-11-19/h7-9,12-13,17-18,20H,5-6,10-11H2,1-4H3. The summed E-state index contributed by atoms with van der Waals surface area (Å²) >= 11 is 4.78. The van der Waals surface area contributed by atoms with Crippen LogP contribution in [0.4, 0.5) is 5.69 Å². The van der Waals surface area contributed by atoms with Crippen LogP contribution in [0.3, 0.4) is 0 Å². The molecule has 0 amide bonds. The van der Waals surface area contributed by atoms with Gasteiger partial charge in [-0.2, -0.15) is 0 Å². The Hall–Kier alpha value is -0.670. The summed E-state index contributed by atoms with van der Waals surface area (Å²) in [4.78, 5) is 2.42. The molecule has 1 N–H and O–H groups in total. The lowest BCUT2D eigenvalue weighted by Crippen LogP contribution is -2.35. The molecule has 0 spiro atoms. The average Bonchev–Trinajstić information content (AvgIpc) is 2.92. The van der Waals surface area contributed by atoms with Crippen molar-refractivity contribution in [1.82, 2.24) is 4.90 Å². The second-order valence-corrected chi connectivity index (χ2v) is 6.87. The SMILES string of the molecule is CC(C)c1cccc(C(C)C)c1NC(S)N1CCCC1. The van der Waals surface area contributed by atoms with E-state index in [2.05, 4.69) is 56.1 Å². The highest BCUT2D eigenvalue weighted by Gasteiger charge is 2.21. The van der Waals surface area contributed by atoms with Gasteiger partial charge in [-0.25, -0.2) is 0 Å². The summed E-state index contributed by atoms with van der Waals surface area (Å²) in [5.41, 5.74) is 4.21. The van der Waals surface area contributed by atoms with Crippen LogP contribution in [0.2, 0.25) is 0 Å². The third kappa shape index (κ3) is 3.50. The third-order valence-corrected chi connectivity index (χ3v) is 4.59. The molecule has 20 heavy (non-hydrogen) atoms. The molecular weight excluding hydrogens is 264 g/mol. The van der Waals surface area contributed by atoms with Crippen molar-refractivity contribution in [3.05, 3.63) is 29.3 Å². The third-order valence-electron chi connectivity index (χ3n) is 4.13. The van der Waals surface area contributed by atoms with Gasteiger partial charge >= 0.3 is 0 Å². The number of rotatable bonds is 5. The van der Waals surface area contributed by atoms with Gasteiger partial charge in [-0.1, -0.05) is 45.9 Å². The molecular formula is C17H28N2S. The maximum Gasteiger partial charge on any atom is 0.125 e. The van der Waals surface area contributed by atoms with Crippen LogP contribution in [0, 0.1) is 0 Å². The van der Waals surface area contributed by atoms with Gasteiger partial charge in [0.25, 0.3) is 0 Å². The highest BCUT2D eigenvalue weighted by Crippen LogP contribution is 2.33. The summed E-state index contributed by atoms with van der Waals surface area (Å²) in [6.45, 7) is 11.3. The number of hydrogen-bond acceptors (Lipinski definition) is 3. The molecule has 1 saturated heterocycles. The Morgan fingerprint density at radius 1 is 1.00 bits per heavy atom. The molecule has 0 bridgehead atoms. The smallest absolute Gasteiger partial charge is 0.125 e. The van der Waals surface area contributed by atoms with Gasteiger partial charge in [0, 0.05) is 18.8 Å². The van der Waals surface area contributed by atoms with Gasteiger partial charge in [-0.05, 0) is 35.8 Å². The van der Waals surface area contributed by atoms with E-state index in [1.165, 1.54) is 29.7 Å². The Labute approximate surface area is 129 Å². The lowest BCUT2D eigenvalue weighted by Gasteiger charge is -2.29. The zero-order chi connectivity index (χ0) is 14.7. The number of anilines is 1. The maximum absolute atomic E-state index is 4.78. The van der Waals surface area contributed by atoms with Gasteiger partial charge in [0.2, 0.25) is 0 Å². The molecule has 0 aliphatic carbocycles. The minimum Gasteiger partial charge on any atom is -0.361 e. The molecule has 112 valence electrons. The summed E-state index contributed by atoms with van der Waals surface area (Å²) in [7, 11) is 0. The van der Waals surface area contributed by atoms with E-state index < -0.39 is 0 Å². The van der Waals surface area contributed by atoms with E-state index in [1.54, 1.807) is 0 Å². The molecule has 1 aliphatic heterocycles. The first-order chi connectivity index (χ1) is 9.50. The fourth-order valence-electron chi connectivity index (χ4n) is 2.92. The molecule has 1 aliphatic rings. The van der Waals surface area contributed by atoms with Crippen molar-refractivity contribution in [1.29, 1.82) is 0 Å². The normalized spacial score (nSPS) is 17.9. The molecule has 1 fully saturated rings. The minimum atomic E-state index is 0.120. The number of thiol groups is 1. The molecule has 1 unspecified atom stereocenters. The Morgan fingerprint density at radius 3 is 1.95 bits per heavy atom. The topological polar surface area (TPSA) is 15.3 Å². The molecule has 0 radical (unpaired) electrons. The molecule has 1 heterocycles. The van der Waals surface area contributed by atoms with Gasteiger partial charge in [0.15, 0.2) is 0 Å². The van der Waals surface area contributed by atoms with E-state index in [0.29, 0.717) is 11.8 Å². The van der Waals surface area contributed by atoms with Crippen LogP contribution in [-0.2, 0) is 0 Å². The van der Waals surface area contributed by atoms with Crippen LogP contribution >= 0.6 is 12.6 Å². The van der Waals surface area contributed by atoms with Crippen LogP contribution in [0.1, 0.15) is 63.5 Å². The number of likely N-dealkylation sites (tertiary alicyclic amines) is 1. The molecule has 3 heteroatoms. The fourth-order valence-corrected chi connectivity index (χ4v) is 3.28. The Morgan fingerprint density at radius 2 is 1.50 bits per heavy atom. The van der Waals surface area contributed by atoms with Gasteiger partial charge in [-0.3, -0.25) is 4.90 Å². The first kappa shape index (κ1) is 15.7. The lowest BCUT2D eigenvalue weighted by atomic mass is 9.93. The fraction of sp³-hybridized carbons (Fsp3) is 0.647. The van der Waals surface area contributed by atoms with Gasteiger partial charge in [-0.15, -0.1) is 12.6 Å². The maximum atomic E-state index is 4.78. The van der Waals surface area contributed by atoms with Crippen LogP contribution in [-0.4, -0.2) is 23.5 Å². The van der Waals surface area contributed by atoms with Gasteiger partial charge in [0.05, 0.1) is 0 Å². The van der Waals surface area contributed by atoms with Crippen LogP contribution in [0.15, 0.2) is 18.2 Å². The Balaban J connectivity index is 2.27. The number of nitrogens with zero attached hydrogens (tertiary/aromatic N) is 1. The highest BCUT2D eigenvalue weighted by atomic mass is 32.1. The van der Waals surface area contributed by atoms with E-state index in [-0.39, 0.29) is 5.50 Å². The average molecular weight is 292 g/mol. The molecule has 1 aromatic rings. The van der Waals surface area contributed by atoms with E-state index in [4.69, 9.17) is 12.6 Å². The Kier molecular flexibility index (Phi) is 5.39. The Bertz CT molecular complexity index is 410. The quantitative estimate of drug-likeness (QED) is 0.606. The zero-order valence-corrected chi connectivity index (χ0v) is 14.1. The van der Waals surface area contributed by atoms with E-state index in [9.17, 15) is 0 Å². The van der Waals surface area contributed by atoms with Crippen LogP contribution < -0.4 is 5.32 Å². The van der Waals surface area contributed by atoms with Crippen LogP contribution in [0.25, 0.3) is 0 Å². The molecule has 1 atom stereocenters. The predicted octanol–water partition coefficient (Wildman–Crippen LogP) is 4.65. The van der Waals surface area contributed by atoms with Crippen molar-refractivity contribution in [3.63, 3.8) is 0 Å². The second kappa shape index (κ2) is 6.86. The van der Waals surface area contributed by atoms with Crippen molar-refractivity contribution in [2.45, 2.75) is 57.9 Å². The minimum absolute atomic E-state index is 0.120. The summed E-state index contributed by atoms with van der Waals surface area (Å²) in [6.07, 6.45) is 2.59. The van der Waals surface area contributed by atoms with Gasteiger partial charge in [0.1, 0.15) is 5.50 Å². The van der Waals surface area contributed by atoms with Crippen molar-refractivity contribution in [2.75, 3.05) is 18.4 Å². The van der Waals surface area contributed by atoms with Crippen molar-refractivity contribution < 1.29 is 0 Å². The predicted molar refractivity (Wildman–Crippen MR) is 91.8 cm³/mol. The molecule has 2 rings (SSSR count). The van der Waals surface area contributed by atoms with Gasteiger partial charge < -0.3 is 5.32 Å². The van der Waals surface area contributed by atoms with Crippen molar-refractivity contribution in [3.8, 4) is 0 Å². The summed E-state index contributed by atoms with van der Waals surface area (Å²) in [6, 6.07) is 6.66. The van der Waals surface area contributed by atoms with Crippen molar-refractivity contribution >= 4 is 18.3 Å². The van der Waals surface area contributed by atoms with E-state index in [1.807, 2.05) is 0 Å². The number of nitrogens with one attached hydrogen (secondary N) is 1. The molecule has 0 aromatic heterocycles. The number of para-hydroxylation sites is 1. The largest absolute Gasteiger partial charge is 0.361 e. The molecule has 1 aromatic carbocycles. The summed E-state index contributed by atoms with van der Waals surface area (Å²) < 4.78 is 0. The van der Waals surface area contributed by atoms with Crippen molar-refractivity contribution in [2.24, 2.45) is 0 Å². The molecule has 0 saturated carbocycles. The lowest BCUT2D eigenvalue weighted by molar-refractivity contribution is 0.340. The monoisotopic (exact) mass is 292 g/mol. The highest BCUT2D eigenvalue weighted by molar-refractivity contribution is 7.81. The second-order valence-electron chi connectivity index (χ2n) is 6.38. The van der Waals surface area contributed by atoms with E-state index in [0.717, 1.165) is 13.1 Å². The first-order valence-electron chi connectivity index (χ1n) is 7.82. The number of hydrogen-bond donors (Lipinski definition) is 2. The number of benzene rings is 1.